The molecule has 1 aliphatic carbocycles. The molecular weight excluding hydrogens is 613 g/mol. The predicted octanol–water partition coefficient (Wildman–Crippen LogP) is 14.0. The Balaban J connectivity index is 1.29. The van der Waals surface area contributed by atoms with Crippen molar-refractivity contribution in [3.8, 4) is 44.5 Å². The summed E-state index contributed by atoms with van der Waals surface area (Å²) in [6, 6.07) is 42.2. The van der Waals surface area contributed by atoms with E-state index >= 15 is 0 Å². The van der Waals surface area contributed by atoms with Crippen molar-refractivity contribution in [2.75, 3.05) is 0 Å². The maximum Gasteiger partial charge on any atom is 0.0629 e. The fourth-order valence-corrected chi connectivity index (χ4v) is 8.42. The van der Waals surface area contributed by atoms with Crippen LogP contribution in [0.15, 0.2) is 182 Å². The first-order valence-corrected chi connectivity index (χ1v) is 17.2. The van der Waals surface area contributed by atoms with Crippen molar-refractivity contribution in [2.45, 2.75) is 6.42 Å². The average Bonchev–Trinajstić information content (AvgIpc) is 3.62. The molecule has 0 bridgehead atoms. The van der Waals surface area contributed by atoms with Crippen LogP contribution in [0.4, 0.5) is 0 Å². The van der Waals surface area contributed by atoms with Gasteiger partial charge in [0.2, 0.25) is 0 Å². The predicted molar refractivity (Wildman–Crippen MR) is 219 cm³/mol. The van der Waals surface area contributed by atoms with E-state index in [1.807, 2.05) is 84.9 Å². The first kappa shape index (κ1) is 21.6. The third-order valence-corrected chi connectivity index (χ3v) is 10.7. The van der Waals surface area contributed by atoms with Crippen LogP contribution < -0.4 is 0 Å². The van der Waals surface area contributed by atoms with Crippen molar-refractivity contribution in [1.82, 2.24) is 0 Å². The minimum atomic E-state index is -0.415. The SMILES string of the molecule is [2H]c1c([2H])c([2H])c2c(-c3ccc(-c4cccc5ccccc45)c4ccccc34)c3c([2H])c([2H])c([2H])c([2H])c3c(-c3ccc4c(c3)-c3cc5ccccc5cc3C4)c2c1[2H]. The van der Waals surface area contributed by atoms with Gasteiger partial charge in [-0.2, -0.15) is 0 Å². The van der Waals surface area contributed by atoms with Gasteiger partial charge in [0.05, 0.1) is 11.0 Å². The molecule has 11 rings (SSSR count). The summed E-state index contributed by atoms with van der Waals surface area (Å²) in [4.78, 5) is 0. The Bertz CT molecular complexity index is 3430. The molecule has 1 aliphatic rings. The van der Waals surface area contributed by atoms with Crippen LogP contribution in [0.5, 0.6) is 0 Å². The lowest BCUT2D eigenvalue weighted by Gasteiger charge is -2.20. The van der Waals surface area contributed by atoms with Gasteiger partial charge in [-0.25, -0.2) is 0 Å². The molecule has 236 valence electrons. The molecule has 0 unspecified atom stereocenters. The minimum Gasteiger partial charge on any atom is -0.0616 e. The van der Waals surface area contributed by atoms with E-state index in [0.717, 1.165) is 66.6 Å². The fourth-order valence-electron chi connectivity index (χ4n) is 8.42. The topological polar surface area (TPSA) is 0 Å². The zero-order valence-electron chi connectivity index (χ0n) is 35.4. The van der Waals surface area contributed by atoms with Crippen LogP contribution in [0.3, 0.4) is 0 Å². The van der Waals surface area contributed by atoms with E-state index in [2.05, 4.69) is 48.5 Å². The number of benzene rings is 10. The van der Waals surface area contributed by atoms with Crippen LogP contribution >= 0.6 is 0 Å². The summed E-state index contributed by atoms with van der Waals surface area (Å²) in [7, 11) is 0. The molecule has 0 heteroatoms. The first-order valence-electron chi connectivity index (χ1n) is 21.2. The van der Waals surface area contributed by atoms with Gasteiger partial charge in [-0.05, 0) is 128 Å². The van der Waals surface area contributed by atoms with Crippen LogP contribution in [-0.2, 0) is 6.42 Å². The van der Waals surface area contributed by atoms with Gasteiger partial charge < -0.3 is 0 Å². The largest absolute Gasteiger partial charge is 0.0629 e. The summed E-state index contributed by atoms with van der Waals surface area (Å²) in [6.45, 7) is 0. The Morgan fingerprint density at radius 3 is 1.59 bits per heavy atom. The van der Waals surface area contributed by atoms with Crippen LogP contribution in [0, 0.1) is 0 Å². The van der Waals surface area contributed by atoms with E-state index < -0.39 is 24.2 Å². The molecule has 0 amide bonds. The molecule has 0 heterocycles. The highest BCUT2D eigenvalue weighted by molar-refractivity contribution is 6.24. The van der Waals surface area contributed by atoms with Gasteiger partial charge in [-0.15, -0.1) is 0 Å². The molecule has 0 N–H and O–H groups in total. The molecule has 0 radical (unpaired) electrons. The molecule has 0 saturated heterocycles. The summed E-state index contributed by atoms with van der Waals surface area (Å²) in [5, 5.41) is 6.96. The molecule has 10 aromatic rings. The molecule has 0 fully saturated rings. The van der Waals surface area contributed by atoms with Crippen molar-refractivity contribution in [1.29, 1.82) is 0 Å². The van der Waals surface area contributed by atoms with Gasteiger partial charge in [0.15, 0.2) is 0 Å². The second kappa shape index (κ2) is 11.0. The number of hydrogen-bond acceptors (Lipinski definition) is 0. The Morgan fingerprint density at radius 1 is 0.333 bits per heavy atom. The average molecular weight is 653 g/mol. The van der Waals surface area contributed by atoms with Crippen molar-refractivity contribution >= 4 is 53.9 Å². The molecule has 0 aromatic heterocycles. The number of hydrogen-bond donors (Lipinski definition) is 0. The van der Waals surface area contributed by atoms with Gasteiger partial charge >= 0.3 is 0 Å². The summed E-state index contributed by atoms with van der Waals surface area (Å²) in [5.74, 6) is 0. The van der Waals surface area contributed by atoms with Crippen LogP contribution in [-0.4, -0.2) is 0 Å². The molecule has 0 aliphatic heterocycles. The van der Waals surface area contributed by atoms with E-state index in [0.29, 0.717) is 22.3 Å². The Kier molecular flexibility index (Phi) is 4.65. The lowest BCUT2D eigenvalue weighted by Crippen LogP contribution is -1.93. The smallest absolute Gasteiger partial charge is 0.0616 e. The molecule has 0 spiro atoms. The second-order valence-electron chi connectivity index (χ2n) is 13.4. The number of fused-ring (bicyclic) bond motifs is 8. The van der Waals surface area contributed by atoms with Crippen molar-refractivity contribution < 1.29 is 11.0 Å². The highest BCUT2D eigenvalue weighted by Crippen LogP contribution is 2.48. The lowest BCUT2D eigenvalue weighted by atomic mass is 9.83. The van der Waals surface area contributed by atoms with Gasteiger partial charge in [-0.1, -0.05) is 170 Å². The van der Waals surface area contributed by atoms with E-state index in [1.165, 1.54) is 5.56 Å². The normalized spacial score (nSPS) is 14.4. The van der Waals surface area contributed by atoms with Gasteiger partial charge in [0.1, 0.15) is 0 Å². The summed E-state index contributed by atoms with van der Waals surface area (Å²) in [5.41, 5.74) is 8.29. The summed E-state index contributed by atoms with van der Waals surface area (Å²) >= 11 is 0. The van der Waals surface area contributed by atoms with Gasteiger partial charge in [-0.3, -0.25) is 0 Å². The van der Waals surface area contributed by atoms with Crippen LogP contribution in [0.25, 0.3) is 98.4 Å². The quantitative estimate of drug-likeness (QED) is 0.167. The Labute approximate surface area is 308 Å². The Morgan fingerprint density at radius 2 is 0.863 bits per heavy atom. The maximum atomic E-state index is 9.56. The van der Waals surface area contributed by atoms with Crippen molar-refractivity contribution in [3.05, 3.63) is 193 Å². The zero-order chi connectivity index (χ0) is 40.4. The van der Waals surface area contributed by atoms with Gasteiger partial charge in [0.25, 0.3) is 0 Å². The molecule has 10 aromatic carbocycles. The summed E-state index contributed by atoms with van der Waals surface area (Å²) in [6.07, 6.45) is 0.733. The zero-order valence-corrected chi connectivity index (χ0v) is 27.4. The van der Waals surface area contributed by atoms with Crippen LogP contribution in [0.1, 0.15) is 22.1 Å². The molecule has 51 heavy (non-hydrogen) atoms. The van der Waals surface area contributed by atoms with E-state index in [9.17, 15) is 5.48 Å². The van der Waals surface area contributed by atoms with E-state index in [4.69, 9.17) is 5.48 Å². The third-order valence-electron chi connectivity index (χ3n) is 10.7. The molecule has 0 atom stereocenters. The minimum absolute atomic E-state index is 0.207. The van der Waals surface area contributed by atoms with Crippen molar-refractivity contribution in [3.63, 3.8) is 0 Å². The number of rotatable bonds is 3. The highest BCUT2D eigenvalue weighted by Gasteiger charge is 2.23. The molecule has 0 nitrogen and oxygen atoms in total. The van der Waals surface area contributed by atoms with Gasteiger partial charge in [0, 0.05) is 0 Å². The fraction of sp³-hybridized carbons (Fsp3) is 0.0196. The van der Waals surface area contributed by atoms with E-state index in [-0.39, 0.29) is 45.7 Å². The van der Waals surface area contributed by atoms with Crippen molar-refractivity contribution in [2.24, 2.45) is 0 Å². The van der Waals surface area contributed by atoms with E-state index in [1.54, 1.807) is 0 Å². The Hall–Kier alpha value is -6.50. The second-order valence-corrected chi connectivity index (χ2v) is 13.4. The first-order chi connectivity index (χ1) is 28.6. The molecular formula is C51H32. The van der Waals surface area contributed by atoms with Crippen LogP contribution in [0.2, 0.25) is 0 Å². The standard InChI is InChI=1S/C51H32/c1-2-14-34-30-49-37(28-33(34)13-1)29-35-24-25-36(31-48(35)49)50-43-19-7-9-21-45(43)51(46-22-10-8-20-44(46)50)47-27-26-42(40-17-5-6-18-41(40)47)39-23-11-15-32-12-3-4-16-38(32)39/h1-28,30-31H,29H2/i7D,8D,9D,10D,19D,20D,21D,22D. The maximum absolute atomic E-state index is 9.56. The highest BCUT2D eigenvalue weighted by atomic mass is 14.3. The monoisotopic (exact) mass is 652 g/mol. The third kappa shape index (κ3) is 4.27. The lowest BCUT2D eigenvalue weighted by molar-refractivity contribution is 1.27. The summed E-state index contributed by atoms with van der Waals surface area (Å²) < 4.78 is 74.0. The molecule has 0 saturated carbocycles.